The Balaban J connectivity index is 1.55. The van der Waals surface area contributed by atoms with Gasteiger partial charge >= 0.3 is 0 Å². The van der Waals surface area contributed by atoms with Crippen molar-refractivity contribution < 1.29 is 4.79 Å². The third kappa shape index (κ3) is 2.43. The summed E-state index contributed by atoms with van der Waals surface area (Å²) in [5.41, 5.74) is 1.11. The molecular weight excluding hydrogens is 314 g/mol. The van der Waals surface area contributed by atoms with Gasteiger partial charge in [0.2, 0.25) is 5.91 Å². The highest BCUT2D eigenvalue weighted by molar-refractivity contribution is 8.01. The number of piperidine rings is 1. The van der Waals surface area contributed by atoms with Crippen LogP contribution in [0, 0.1) is 5.92 Å². The summed E-state index contributed by atoms with van der Waals surface area (Å²) in [6, 6.07) is 10.2. The molecule has 2 N–H and O–H groups in total. The first-order chi connectivity index (χ1) is 10.7. The topological polar surface area (TPSA) is 44.4 Å². The lowest BCUT2D eigenvalue weighted by Gasteiger charge is -2.38. The van der Waals surface area contributed by atoms with E-state index < -0.39 is 0 Å². The van der Waals surface area contributed by atoms with E-state index in [1.807, 2.05) is 30.3 Å². The molecule has 6 heteroatoms. The average Bonchev–Trinajstić information content (AvgIpc) is 2.91. The van der Waals surface area contributed by atoms with Crippen LogP contribution < -0.4 is 10.6 Å². The van der Waals surface area contributed by atoms with Gasteiger partial charge in [0, 0.05) is 5.92 Å². The van der Waals surface area contributed by atoms with Gasteiger partial charge in [-0.15, -0.1) is 11.8 Å². The minimum absolute atomic E-state index is 0.0176. The number of fused-ring (bicyclic) bond motifs is 3. The summed E-state index contributed by atoms with van der Waals surface area (Å²) in [7, 11) is 0. The zero-order valence-electron chi connectivity index (χ0n) is 12.2. The summed E-state index contributed by atoms with van der Waals surface area (Å²) < 4.78 is 0. The monoisotopic (exact) mass is 333 g/mol. The Hall–Kier alpha value is -1.11. The first-order valence-electron chi connectivity index (χ1n) is 7.79. The predicted octanol–water partition coefficient (Wildman–Crippen LogP) is 1.71. The summed E-state index contributed by atoms with van der Waals surface area (Å²) in [4.78, 5) is 14.6. The van der Waals surface area contributed by atoms with Crippen molar-refractivity contribution in [2.75, 3.05) is 6.54 Å². The molecule has 1 aromatic carbocycles. The highest BCUT2D eigenvalue weighted by atomic mass is 32.2. The van der Waals surface area contributed by atoms with Gasteiger partial charge in [0.25, 0.3) is 0 Å². The Bertz CT molecular complexity index is 594. The number of carbonyl (C=O) groups is 1. The predicted molar refractivity (Wildman–Crippen MR) is 92.4 cm³/mol. The van der Waals surface area contributed by atoms with Crippen LogP contribution in [0.15, 0.2) is 30.3 Å². The number of rotatable bonds is 2. The Morgan fingerprint density at radius 1 is 1.32 bits per heavy atom. The lowest BCUT2D eigenvalue weighted by Crippen LogP contribution is -2.61. The van der Waals surface area contributed by atoms with Gasteiger partial charge in [-0.3, -0.25) is 9.69 Å². The molecule has 0 radical (unpaired) electrons. The van der Waals surface area contributed by atoms with Crippen LogP contribution >= 0.6 is 24.0 Å². The van der Waals surface area contributed by atoms with Crippen molar-refractivity contribution in [1.82, 2.24) is 15.5 Å². The normalized spacial score (nSPS) is 34.1. The lowest BCUT2D eigenvalue weighted by molar-refractivity contribution is -0.128. The molecule has 4 unspecified atom stereocenters. The molecular formula is C16H19N3OS2. The van der Waals surface area contributed by atoms with E-state index in [1.54, 1.807) is 16.7 Å². The van der Waals surface area contributed by atoms with Crippen LogP contribution in [0.2, 0.25) is 0 Å². The van der Waals surface area contributed by atoms with Crippen LogP contribution in [0.1, 0.15) is 18.4 Å². The van der Waals surface area contributed by atoms with Crippen molar-refractivity contribution in [3.8, 4) is 0 Å². The van der Waals surface area contributed by atoms with Crippen molar-refractivity contribution in [1.29, 1.82) is 0 Å². The number of hydrogen-bond acceptors (Lipinski definition) is 4. The molecule has 3 heterocycles. The zero-order chi connectivity index (χ0) is 15.1. The molecule has 116 valence electrons. The van der Waals surface area contributed by atoms with E-state index in [0.29, 0.717) is 22.9 Å². The number of nitrogens with one attached hydrogen (secondary N) is 2. The largest absolute Gasteiger partial charge is 0.357 e. The number of hydrogen-bond donors (Lipinski definition) is 2. The van der Waals surface area contributed by atoms with E-state index in [-0.39, 0.29) is 17.2 Å². The SMILES string of the molecule is O=C1C2SC3NCCCC3C2NC(=S)N1Cc1ccccc1. The molecule has 0 aromatic heterocycles. The number of carbonyl (C=O) groups excluding carboxylic acids is 1. The van der Waals surface area contributed by atoms with Crippen molar-refractivity contribution in [3.05, 3.63) is 35.9 Å². The van der Waals surface area contributed by atoms with E-state index >= 15 is 0 Å². The maximum atomic E-state index is 12.9. The van der Waals surface area contributed by atoms with Crippen molar-refractivity contribution >= 4 is 35.0 Å². The van der Waals surface area contributed by atoms with Gasteiger partial charge in [-0.1, -0.05) is 30.3 Å². The van der Waals surface area contributed by atoms with Gasteiger partial charge in [0.05, 0.1) is 18.0 Å². The second-order valence-corrected chi connectivity index (χ2v) is 7.80. The molecule has 4 nitrogen and oxygen atoms in total. The van der Waals surface area contributed by atoms with E-state index in [9.17, 15) is 4.79 Å². The van der Waals surface area contributed by atoms with Crippen LogP contribution in [-0.2, 0) is 11.3 Å². The molecule has 4 rings (SSSR count). The van der Waals surface area contributed by atoms with E-state index in [0.717, 1.165) is 12.1 Å². The third-order valence-electron chi connectivity index (χ3n) is 4.76. The van der Waals surface area contributed by atoms with E-state index in [2.05, 4.69) is 10.6 Å². The van der Waals surface area contributed by atoms with Crippen LogP contribution in [0.5, 0.6) is 0 Å². The standard InChI is InChI=1S/C16H19N3OS2/c20-15-13-12(11-7-4-8-17-14(11)22-13)18-16(21)19(15)9-10-5-2-1-3-6-10/h1-3,5-6,11-14,17H,4,7-9H2,(H,18,21). The molecule has 1 amide bonds. The molecule has 3 saturated heterocycles. The Morgan fingerprint density at radius 3 is 2.95 bits per heavy atom. The molecule has 3 aliphatic rings. The number of thiocarbonyl (C=S) groups is 1. The van der Waals surface area contributed by atoms with Gasteiger partial charge < -0.3 is 10.6 Å². The minimum Gasteiger partial charge on any atom is -0.357 e. The smallest absolute Gasteiger partial charge is 0.244 e. The van der Waals surface area contributed by atoms with Crippen LogP contribution in [0.25, 0.3) is 0 Å². The number of benzene rings is 1. The summed E-state index contributed by atoms with van der Waals surface area (Å²) in [5.74, 6) is 0.670. The third-order valence-corrected chi connectivity index (χ3v) is 6.69. The maximum Gasteiger partial charge on any atom is 0.244 e. The summed E-state index contributed by atoms with van der Waals surface area (Å²) in [6.07, 6.45) is 2.36. The van der Waals surface area contributed by atoms with Gasteiger partial charge in [-0.25, -0.2) is 0 Å². The quantitative estimate of drug-likeness (QED) is 0.807. The molecule has 0 aliphatic carbocycles. The van der Waals surface area contributed by atoms with Crippen molar-refractivity contribution in [2.24, 2.45) is 5.92 Å². The molecule has 0 spiro atoms. The fraction of sp³-hybridized carbons (Fsp3) is 0.500. The van der Waals surface area contributed by atoms with Gasteiger partial charge in [0.1, 0.15) is 5.25 Å². The fourth-order valence-electron chi connectivity index (χ4n) is 3.65. The lowest BCUT2D eigenvalue weighted by atomic mass is 9.88. The first-order valence-corrected chi connectivity index (χ1v) is 9.14. The van der Waals surface area contributed by atoms with Crippen LogP contribution in [0.4, 0.5) is 0 Å². The Kier molecular flexibility index (Phi) is 3.84. The second kappa shape index (κ2) is 5.83. The van der Waals surface area contributed by atoms with Gasteiger partial charge in [-0.05, 0) is 37.2 Å². The van der Waals surface area contributed by atoms with E-state index in [4.69, 9.17) is 12.2 Å². The number of amides is 1. The fourth-order valence-corrected chi connectivity index (χ4v) is 5.66. The van der Waals surface area contributed by atoms with E-state index in [1.165, 1.54) is 12.8 Å². The zero-order valence-corrected chi connectivity index (χ0v) is 13.8. The van der Waals surface area contributed by atoms with Gasteiger partial charge in [-0.2, -0.15) is 0 Å². The Morgan fingerprint density at radius 2 is 2.14 bits per heavy atom. The number of nitrogens with zero attached hydrogens (tertiary/aromatic N) is 1. The molecule has 0 saturated carbocycles. The highest BCUT2D eigenvalue weighted by Crippen LogP contribution is 2.43. The first kappa shape index (κ1) is 14.5. The molecule has 0 bridgehead atoms. The highest BCUT2D eigenvalue weighted by Gasteiger charge is 2.52. The summed E-state index contributed by atoms with van der Waals surface area (Å²) in [5, 5.41) is 7.96. The summed E-state index contributed by atoms with van der Waals surface area (Å²) in [6.45, 7) is 1.61. The number of thioether (sulfide) groups is 1. The molecule has 4 atom stereocenters. The molecule has 1 aromatic rings. The minimum atomic E-state index is -0.0176. The van der Waals surface area contributed by atoms with Crippen molar-refractivity contribution in [2.45, 2.75) is 36.1 Å². The molecule has 3 fully saturated rings. The molecule has 3 aliphatic heterocycles. The van der Waals surface area contributed by atoms with Crippen molar-refractivity contribution in [3.63, 3.8) is 0 Å². The van der Waals surface area contributed by atoms with Crippen LogP contribution in [0.3, 0.4) is 0 Å². The molecule has 22 heavy (non-hydrogen) atoms. The Labute approximate surface area is 140 Å². The van der Waals surface area contributed by atoms with Crippen LogP contribution in [-0.4, -0.2) is 39.1 Å². The summed E-state index contributed by atoms with van der Waals surface area (Å²) >= 11 is 7.26. The average molecular weight is 333 g/mol. The van der Waals surface area contributed by atoms with Gasteiger partial charge in [0.15, 0.2) is 5.11 Å². The maximum absolute atomic E-state index is 12.9. The second-order valence-electron chi connectivity index (χ2n) is 6.12.